The number of benzene rings is 1. The molecule has 0 saturated carbocycles. The fraction of sp³-hybridized carbons (Fsp3) is 0.538. The van der Waals surface area contributed by atoms with Crippen LogP contribution in [0, 0.1) is 0 Å². The van der Waals surface area contributed by atoms with Gasteiger partial charge in [-0.05, 0) is 37.7 Å². The maximum atomic E-state index is 2.43. The van der Waals surface area contributed by atoms with E-state index in [0.717, 1.165) is 0 Å². The summed E-state index contributed by atoms with van der Waals surface area (Å²) in [5.41, 5.74) is 1.47. The third-order valence-corrected chi connectivity index (χ3v) is 8.01. The van der Waals surface area contributed by atoms with Crippen LogP contribution in [0.5, 0.6) is 0 Å². The Labute approximate surface area is 90.0 Å². The Morgan fingerprint density at radius 1 is 1.07 bits per heavy atom. The molecule has 0 fully saturated rings. The van der Waals surface area contributed by atoms with Gasteiger partial charge >= 0.3 is 0 Å². The molecule has 1 aromatic rings. The molecule has 1 rings (SSSR count). The summed E-state index contributed by atoms with van der Waals surface area (Å²) in [7, 11) is -0.551. The minimum absolute atomic E-state index is 0.322. The van der Waals surface area contributed by atoms with Gasteiger partial charge in [0.25, 0.3) is 0 Å². The molecule has 0 unspecified atom stereocenters. The molecule has 0 aromatic heterocycles. The third-order valence-electron chi connectivity index (χ3n) is 3.57. The molecule has 0 aliphatic carbocycles. The molecular formula is C13H22S. The topological polar surface area (TPSA) is 0 Å². The van der Waals surface area contributed by atoms with Crippen molar-refractivity contribution in [3.63, 3.8) is 0 Å². The molecule has 0 atom stereocenters. The maximum absolute atomic E-state index is 2.43. The number of hydrogen-bond donors (Lipinski definition) is 0. The molecule has 80 valence electrons. The highest BCUT2D eigenvalue weighted by atomic mass is 32.3. The van der Waals surface area contributed by atoms with Gasteiger partial charge in [-0.1, -0.05) is 37.3 Å². The van der Waals surface area contributed by atoms with Crippen LogP contribution in [0.2, 0.25) is 0 Å². The highest BCUT2D eigenvalue weighted by molar-refractivity contribution is 8.33. The van der Waals surface area contributed by atoms with Gasteiger partial charge in [-0.2, -0.15) is 0 Å². The molecule has 1 heteroatoms. The highest BCUT2D eigenvalue weighted by Gasteiger charge is 2.32. The van der Waals surface area contributed by atoms with Gasteiger partial charge in [-0.15, -0.1) is 0 Å². The molecule has 0 aliphatic heterocycles. The number of rotatable bonds is 3. The van der Waals surface area contributed by atoms with Crippen molar-refractivity contribution in [2.45, 2.75) is 25.5 Å². The highest BCUT2D eigenvalue weighted by Crippen LogP contribution is 2.58. The molecule has 1 aromatic carbocycles. The van der Waals surface area contributed by atoms with Gasteiger partial charge in [0.1, 0.15) is 0 Å². The average molecular weight is 210 g/mol. The lowest BCUT2D eigenvalue weighted by molar-refractivity contribution is 0.766. The van der Waals surface area contributed by atoms with E-state index in [4.69, 9.17) is 0 Å². The summed E-state index contributed by atoms with van der Waals surface area (Å²) in [6, 6.07) is 10.9. The predicted molar refractivity (Wildman–Crippen MR) is 69.4 cm³/mol. The van der Waals surface area contributed by atoms with Crippen LogP contribution in [-0.2, 0) is 4.75 Å². The minimum Gasteiger partial charge on any atom is -0.238 e. The second kappa shape index (κ2) is 3.98. The number of hydrogen-bond acceptors (Lipinski definition) is 0. The second-order valence-electron chi connectivity index (χ2n) is 4.70. The van der Waals surface area contributed by atoms with Gasteiger partial charge in [0.05, 0.1) is 0 Å². The fourth-order valence-electron chi connectivity index (χ4n) is 1.52. The van der Waals surface area contributed by atoms with Crippen LogP contribution in [0.15, 0.2) is 30.3 Å². The summed E-state index contributed by atoms with van der Waals surface area (Å²) < 4.78 is 0.322. The van der Waals surface area contributed by atoms with E-state index >= 15 is 0 Å². The van der Waals surface area contributed by atoms with Crippen molar-refractivity contribution in [2.24, 2.45) is 0 Å². The predicted octanol–water partition coefficient (Wildman–Crippen LogP) is 4.01. The Morgan fingerprint density at radius 2 is 1.57 bits per heavy atom. The first-order valence-corrected chi connectivity index (χ1v) is 7.80. The van der Waals surface area contributed by atoms with E-state index in [-0.39, 0.29) is 0 Å². The van der Waals surface area contributed by atoms with Crippen LogP contribution < -0.4 is 0 Å². The smallest absolute Gasteiger partial charge is 0.0192 e. The standard InChI is InChI=1S/C13H22S/c1-6-14(4,5)13(2,3)12-10-8-7-9-11-12/h7-11H,6H2,1-5H3. The molecule has 0 aliphatic rings. The Hall–Kier alpha value is -0.430. The Balaban J connectivity index is 3.08. The van der Waals surface area contributed by atoms with E-state index in [0.29, 0.717) is 4.75 Å². The van der Waals surface area contributed by atoms with Gasteiger partial charge in [0, 0.05) is 4.75 Å². The van der Waals surface area contributed by atoms with E-state index < -0.39 is 10.0 Å². The van der Waals surface area contributed by atoms with E-state index in [1.54, 1.807) is 0 Å². The van der Waals surface area contributed by atoms with Crippen LogP contribution >= 0.6 is 10.0 Å². The van der Waals surface area contributed by atoms with Gasteiger partial charge in [0.2, 0.25) is 0 Å². The van der Waals surface area contributed by atoms with E-state index in [1.165, 1.54) is 11.3 Å². The van der Waals surface area contributed by atoms with Crippen LogP contribution in [0.25, 0.3) is 0 Å². The van der Waals surface area contributed by atoms with Crippen LogP contribution in [0.3, 0.4) is 0 Å². The van der Waals surface area contributed by atoms with Crippen molar-refractivity contribution in [1.29, 1.82) is 0 Å². The summed E-state index contributed by atoms with van der Waals surface area (Å²) in [6.07, 6.45) is 4.86. The minimum atomic E-state index is -0.551. The zero-order valence-corrected chi connectivity index (χ0v) is 10.8. The SMILES string of the molecule is CCS(C)(C)C(C)(C)c1ccccc1. The van der Waals surface area contributed by atoms with Gasteiger partial charge in [-0.3, -0.25) is 0 Å². The van der Waals surface area contributed by atoms with Gasteiger partial charge in [0.15, 0.2) is 0 Å². The molecule has 0 N–H and O–H groups in total. The van der Waals surface area contributed by atoms with Crippen molar-refractivity contribution in [1.82, 2.24) is 0 Å². The molecule has 0 bridgehead atoms. The van der Waals surface area contributed by atoms with E-state index in [9.17, 15) is 0 Å². The van der Waals surface area contributed by atoms with Crippen molar-refractivity contribution in [3.05, 3.63) is 35.9 Å². The fourth-order valence-corrected chi connectivity index (χ4v) is 3.02. The molecule has 0 heterocycles. The van der Waals surface area contributed by atoms with E-state index in [1.807, 2.05) is 0 Å². The molecule has 0 saturated heterocycles. The van der Waals surface area contributed by atoms with Crippen molar-refractivity contribution >= 4 is 10.0 Å². The lowest BCUT2D eigenvalue weighted by Gasteiger charge is -2.46. The summed E-state index contributed by atoms with van der Waals surface area (Å²) in [6.45, 7) is 7.06. The lowest BCUT2D eigenvalue weighted by Crippen LogP contribution is -2.26. The summed E-state index contributed by atoms with van der Waals surface area (Å²) in [5.74, 6) is 1.29. The zero-order chi connectivity index (χ0) is 10.8. The second-order valence-corrected chi connectivity index (χ2v) is 9.38. The van der Waals surface area contributed by atoms with Crippen LogP contribution in [0.4, 0.5) is 0 Å². The normalized spacial score (nSPS) is 14.1. The molecular weight excluding hydrogens is 188 g/mol. The van der Waals surface area contributed by atoms with Gasteiger partial charge < -0.3 is 0 Å². The first-order chi connectivity index (χ1) is 6.42. The molecule has 0 spiro atoms. The Bertz CT molecular complexity index is 285. The molecule has 0 radical (unpaired) electrons. The summed E-state index contributed by atoms with van der Waals surface area (Å²) >= 11 is 0. The van der Waals surface area contributed by atoms with E-state index in [2.05, 4.69) is 63.6 Å². The largest absolute Gasteiger partial charge is 0.238 e. The summed E-state index contributed by atoms with van der Waals surface area (Å²) in [4.78, 5) is 0. The zero-order valence-electron chi connectivity index (χ0n) is 10.0. The first-order valence-electron chi connectivity index (χ1n) is 5.18. The van der Waals surface area contributed by atoms with Crippen LogP contribution in [0.1, 0.15) is 26.3 Å². The monoisotopic (exact) mass is 210 g/mol. The quantitative estimate of drug-likeness (QED) is 0.707. The Morgan fingerprint density at radius 3 is 2.00 bits per heavy atom. The lowest BCUT2D eigenvalue weighted by atomic mass is 10.0. The van der Waals surface area contributed by atoms with Crippen molar-refractivity contribution < 1.29 is 0 Å². The molecule has 0 nitrogen and oxygen atoms in total. The van der Waals surface area contributed by atoms with Crippen LogP contribution in [-0.4, -0.2) is 18.3 Å². The summed E-state index contributed by atoms with van der Waals surface area (Å²) in [5, 5.41) is 0. The Kier molecular flexibility index (Phi) is 3.31. The van der Waals surface area contributed by atoms with Crippen molar-refractivity contribution in [2.75, 3.05) is 18.3 Å². The molecule has 0 amide bonds. The average Bonchev–Trinajstić information content (AvgIpc) is 2.19. The third kappa shape index (κ3) is 1.98. The first kappa shape index (κ1) is 11.6. The van der Waals surface area contributed by atoms with Gasteiger partial charge in [-0.25, -0.2) is 10.0 Å². The molecule has 14 heavy (non-hydrogen) atoms. The van der Waals surface area contributed by atoms with Crippen molar-refractivity contribution in [3.8, 4) is 0 Å². The maximum Gasteiger partial charge on any atom is 0.0192 e.